The van der Waals surface area contributed by atoms with Crippen molar-refractivity contribution in [1.29, 1.82) is 0 Å². The predicted octanol–water partition coefficient (Wildman–Crippen LogP) is 4.52. The Hall–Kier alpha value is -2.33. The maximum atomic E-state index is 13.1. The summed E-state index contributed by atoms with van der Waals surface area (Å²) in [6.07, 6.45) is 0.996. The predicted molar refractivity (Wildman–Crippen MR) is 114 cm³/mol. The molecule has 2 atom stereocenters. The lowest BCUT2D eigenvalue weighted by Crippen LogP contribution is -2.49. The third-order valence-electron chi connectivity index (χ3n) is 4.90. The molecule has 2 rings (SSSR count). The van der Waals surface area contributed by atoms with Crippen LogP contribution in [0.15, 0.2) is 48.5 Å². The molecule has 28 heavy (non-hydrogen) atoms. The summed E-state index contributed by atoms with van der Waals surface area (Å²) in [7, 11) is 0. The van der Waals surface area contributed by atoms with E-state index in [1.165, 1.54) is 0 Å². The molecule has 0 saturated carbocycles. The SMILES string of the molecule is CC[C@@H](C)NC(=O)[C@H](C)N(Cc1cccc(C)c1)C(=O)Cc1ccccc1Cl. The van der Waals surface area contributed by atoms with Crippen LogP contribution in [-0.2, 0) is 22.6 Å². The normalized spacial score (nSPS) is 12.9. The summed E-state index contributed by atoms with van der Waals surface area (Å²) in [4.78, 5) is 27.5. The zero-order valence-corrected chi connectivity index (χ0v) is 17.8. The van der Waals surface area contributed by atoms with Crippen LogP contribution in [0.25, 0.3) is 0 Å². The maximum Gasteiger partial charge on any atom is 0.242 e. The van der Waals surface area contributed by atoms with Gasteiger partial charge in [0, 0.05) is 17.6 Å². The highest BCUT2D eigenvalue weighted by molar-refractivity contribution is 6.31. The van der Waals surface area contributed by atoms with Gasteiger partial charge in [-0.05, 0) is 44.4 Å². The van der Waals surface area contributed by atoms with E-state index < -0.39 is 6.04 Å². The fourth-order valence-electron chi connectivity index (χ4n) is 2.96. The van der Waals surface area contributed by atoms with Gasteiger partial charge in [0.15, 0.2) is 0 Å². The second-order valence-corrected chi connectivity index (χ2v) is 7.68. The first-order valence-electron chi connectivity index (χ1n) is 9.70. The Morgan fingerprint density at radius 2 is 1.82 bits per heavy atom. The van der Waals surface area contributed by atoms with Gasteiger partial charge < -0.3 is 10.2 Å². The second-order valence-electron chi connectivity index (χ2n) is 7.27. The van der Waals surface area contributed by atoms with Crippen LogP contribution in [0.5, 0.6) is 0 Å². The number of benzene rings is 2. The van der Waals surface area contributed by atoms with Gasteiger partial charge in [-0.3, -0.25) is 9.59 Å². The highest BCUT2D eigenvalue weighted by Gasteiger charge is 2.27. The Morgan fingerprint density at radius 1 is 1.11 bits per heavy atom. The molecule has 2 amide bonds. The smallest absolute Gasteiger partial charge is 0.242 e. The molecule has 2 aromatic carbocycles. The summed E-state index contributed by atoms with van der Waals surface area (Å²) in [6, 6.07) is 14.8. The third kappa shape index (κ3) is 6.10. The molecule has 0 aliphatic heterocycles. The van der Waals surface area contributed by atoms with E-state index in [2.05, 4.69) is 5.32 Å². The van der Waals surface area contributed by atoms with E-state index in [-0.39, 0.29) is 24.3 Å². The molecule has 0 aliphatic carbocycles. The molecule has 0 bridgehead atoms. The van der Waals surface area contributed by atoms with Crippen LogP contribution in [0, 0.1) is 6.92 Å². The largest absolute Gasteiger partial charge is 0.352 e. The summed E-state index contributed by atoms with van der Waals surface area (Å²) in [6.45, 7) is 8.14. The van der Waals surface area contributed by atoms with Gasteiger partial charge in [-0.15, -0.1) is 0 Å². The number of hydrogen-bond acceptors (Lipinski definition) is 2. The van der Waals surface area contributed by atoms with Crippen molar-refractivity contribution >= 4 is 23.4 Å². The number of rotatable bonds is 8. The Kier molecular flexibility index (Phi) is 8.06. The van der Waals surface area contributed by atoms with Crippen molar-refractivity contribution in [2.45, 2.75) is 59.2 Å². The molecule has 0 heterocycles. The monoisotopic (exact) mass is 400 g/mol. The minimum Gasteiger partial charge on any atom is -0.352 e. The van der Waals surface area contributed by atoms with Crippen molar-refractivity contribution < 1.29 is 9.59 Å². The Labute approximate surface area is 172 Å². The second kappa shape index (κ2) is 10.3. The van der Waals surface area contributed by atoms with Gasteiger partial charge in [0.25, 0.3) is 0 Å². The first kappa shape index (κ1) is 22.0. The van der Waals surface area contributed by atoms with Gasteiger partial charge in [-0.25, -0.2) is 0 Å². The van der Waals surface area contributed by atoms with Gasteiger partial charge >= 0.3 is 0 Å². The highest BCUT2D eigenvalue weighted by Crippen LogP contribution is 2.18. The highest BCUT2D eigenvalue weighted by atomic mass is 35.5. The number of aryl methyl sites for hydroxylation is 1. The number of hydrogen-bond donors (Lipinski definition) is 1. The molecule has 0 radical (unpaired) electrons. The molecular weight excluding hydrogens is 372 g/mol. The molecule has 0 unspecified atom stereocenters. The minimum absolute atomic E-state index is 0.0643. The quantitative estimate of drug-likeness (QED) is 0.708. The molecule has 0 saturated heterocycles. The average Bonchev–Trinajstić information content (AvgIpc) is 2.67. The summed E-state index contributed by atoms with van der Waals surface area (Å²) in [5.41, 5.74) is 2.88. The maximum absolute atomic E-state index is 13.1. The van der Waals surface area contributed by atoms with E-state index in [4.69, 9.17) is 11.6 Å². The van der Waals surface area contributed by atoms with Gasteiger partial charge in [-0.2, -0.15) is 0 Å². The van der Waals surface area contributed by atoms with E-state index in [1.54, 1.807) is 17.9 Å². The third-order valence-corrected chi connectivity index (χ3v) is 5.27. The molecule has 2 aromatic rings. The summed E-state index contributed by atoms with van der Waals surface area (Å²) < 4.78 is 0. The Morgan fingerprint density at radius 3 is 2.46 bits per heavy atom. The van der Waals surface area contributed by atoms with Gasteiger partial charge in [0.2, 0.25) is 11.8 Å². The Bertz CT molecular complexity index is 822. The lowest BCUT2D eigenvalue weighted by atomic mass is 10.1. The standard InChI is InChI=1S/C23H29ClN2O2/c1-5-17(3)25-23(28)18(4)26(15-19-10-8-9-16(2)13-19)22(27)14-20-11-6-7-12-21(20)24/h6-13,17-18H,5,14-15H2,1-4H3,(H,25,28)/t17-,18+/m1/s1. The summed E-state index contributed by atoms with van der Waals surface area (Å²) >= 11 is 6.23. The van der Waals surface area contributed by atoms with Crippen LogP contribution in [0.2, 0.25) is 5.02 Å². The van der Waals surface area contributed by atoms with Crippen LogP contribution >= 0.6 is 11.6 Å². The number of carbonyl (C=O) groups excluding carboxylic acids is 2. The lowest BCUT2D eigenvalue weighted by molar-refractivity contribution is -0.140. The van der Waals surface area contributed by atoms with Crippen molar-refractivity contribution in [2.24, 2.45) is 0 Å². The van der Waals surface area contributed by atoms with Crippen LogP contribution in [0.1, 0.15) is 43.9 Å². The molecule has 0 fully saturated rings. The molecule has 5 heteroatoms. The lowest BCUT2D eigenvalue weighted by Gasteiger charge is -2.30. The minimum atomic E-state index is -0.579. The number of carbonyl (C=O) groups is 2. The number of amides is 2. The first-order valence-corrected chi connectivity index (χ1v) is 10.1. The Balaban J connectivity index is 2.25. The molecule has 0 aliphatic rings. The van der Waals surface area contributed by atoms with Crippen LogP contribution in [-0.4, -0.2) is 28.8 Å². The van der Waals surface area contributed by atoms with E-state index in [0.717, 1.165) is 23.1 Å². The first-order chi connectivity index (χ1) is 13.3. The molecular formula is C23H29ClN2O2. The zero-order chi connectivity index (χ0) is 20.7. The molecule has 0 spiro atoms. The van der Waals surface area contributed by atoms with E-state index >= 15 is 0 Å². The summed E-state index contributed by atoms with van der Waals surface area (Å²) in [5.74, 6) is -0.268. The van der Waals surface area contributed by atoms with Gasteiger partial charge in [0.1, 0.15) is 6.04 Å². The number of halogens is 1. The van der Waals surface area contributed by atoms with Crippen molar-refractivity contribution in [3.8, 4) is 0 Å². The average molecular weight is 401 g/mol. The van der Waals surface area contributed by atoms with E-state index in [9.17, 15) is 9.59 Å². The van der Waals surface area contributed by atoms with Crippen molar-refractivity contribution in [1.82, 2.24) is 10.2 Å². The molecule has 150 valence electrons. The number of nitrogens with one attached hydrogen (secondary N) is 1. The van der Waals surface area contributed by atoms with E-state index in [1.807, 2.05) is 63.2 Å². The van der Waals surface area contributed by atoms with Crippen molar-refractivity contribution in [2.75, 3.05) is 0 Å². The topological polar surface area (TPSA) is 49.4 Å². The fraction of sp³-hybridized carbons (Fsp3) is 0.391. The van der Waals surface area contributed by atoms with Crippen LogP contribution in [0.4, 0.5) is 0 Å². The van der Waals surface area contributed by atoms with Crippen LogP contribution in [0.3, 0.4) is 0 Å². The van der Waals surface area contributed by atoms with Crippen molar-refractivity contribution in [3.05, 3.63) is 70.2 Å². The molecule has 1 N–H and O–H groups in total. The van der Waals surface area contributed by atoms with Crippen LogP contribution < -0.4 is 5.32 Å². The number of nitrogens with zero attached hydrogens (tertiary/aromatic N) is 1. The fourth-order valence-corrected chi connectivity index (χ4v) is 3.16. The molecule has 0 aromatic heterocycles. The summed E-state index contributed by atoms with van der Waals surface area (Å²) in [5, 5.41) is 3.54. The molecule has 4 nitrogen and oxygen atoms in total. The van der Waals surface area contributed by atoms with Gasteiger partial charge in [-0.1, -0.05) is 66.6 Å². The van der Waals surface area contributed by atoms with Crippen molar-refractivity contribution in [3.63, 3.8) is 0 Å². The van der Waals surface area contributed by atoms with E-state index in [0.29, 0.717) is 11.6 Å². The zero-order valence-electron chi connectivity index (χ0n) is 17.0. The van der Waals surface area contributed by atoms with Gasteiger partial charge in [0.05, 0.1) is 6.42 Å².